The van der Waals surface area contributed by atoms with E-state index in [1.165, 1.54) is 49.7 Å². The number of hydrogen-bond acceptors (Lipinski definition) is 1. The molecule has 17 heavy (non-hydrogen) atoms. The first-order valence-corrected chi connectivity index (χ1v) is 6.72. The first-order valence-electron chi connectivity index (χ1n) is 6.72. The van der Waals surface area contributed by atoms with Crippen molar-refractivity contribution in [3.8, 4) is 0 Å². The lowest BCUT2D eigenvalue weighted by atomic mass is 9.72. The third kappa shape index (κ3) is 2.71. The molecule has 2 aliphatic rings. The van der Waals surface area contributed by atoms with Gasteiger partial charge in [0.2, 0.25) is 0 Å². The second-order valence-corrected chi connectivity index (χ2v) is 5.61. The molecule has 0 radical (unpaired) electrons. The van der Waals surface area contributed by atoms with E-state index in [0.29, 0.717) is 11.5 Å². The normalized spacial score (nSPS) is 36.5. The Labute approximate surface area is 105 Å². The van der Waals surface area contributed by atoms with Gasteiger partial charge in [-0.3, -0.25) is 0 Å². The molecule has 0 aromatic carbocycles. The molecule has 2 saturated carbocycles. The van der Waals surface area contributed by atoms with Gasteiger partial charge >= 0.3 is 0 Å². The van der Waals surface area contributed by atoms with Crippen LogP contribution < -0.4 is 0 Å². The standard InChI is InChI=1S/C16H24O/c1-4-5-6-14-12-16(11-13(14)2)9-7-15(17-3)8-10-16/h4-6,15H,2,7-12H2,1,3H3/b5-4-,14-6-. The van der Waals surface area contributed by atoms with Gasteiger partial charge in [0.15, 0.2) is 0 Å². The summed E-state index contributed by atoms with van der Waals surface area (Å²) in [5.41, 5.74) is 3.34. The Morgan fingerprint density at radius 1 is 1.29 bits per heavy atom. The lowest BCUT2D eigenvalue weighted by molar-refractivity contribution is 0.0309. The van der Waals surface area contributed by atoms with Gasteiger partial charge in [-0.15, -0.1) is 0 Å². The third-order valence-electron chi connectivity index (χ3n) is 4.42. The van der Waals surface area contributed by atoms with Crippen molar-refractivity contribution in [1.29, 1.82) is 0 Å². The molecular formula is C16H24O. The summed E-state index contributed by atoms with van der Waals surface area (Å²) in [6.45, 7) is 6.31. The Morgan fingerprint density at radius 3 is 2.59 bits per heavy atom. The van der Waals surface area contributed by atoms with Crippen LogP contribution in [0.15, 0.2) is 36.0 Å². The molecule has 0 amide bonds. The van der Waals surface area contributed by atoms with Crippen LogP contribution in [0.2, 0.25) is 0 Å². The van der Waals surface area contributed by atoms with Crippen LogP contribution in [0.3, 0.4) is 0 Å². The van der Waals surface area contributed by atoms with Gasteiger partial charge in [0.05, 0.1) is 6.10 Å². The predicted molar refractivity (Wildman–Crippen MR) is 73.0 cm³/mol. The molecule has 0 heterocycles. The molecule has 2 fully saturated rings. The minimum Gasteiger partial charge on any atom is -0.381 e. The molecule has 94 valence electrons. The van der Waals surface area contributed by atoms with Gasteiger partial charge < -0.3 is 4.74 Å². The molecule has 2 rings (SSSR count). The lowest BCUT2D eigenvalue weighted by Gasteiger charge is -2.36. The van der Waals surface area contributed by atoms with E-state index in [1.807, 2.05) is 7.11 Å². The summed E-state index contributed by atoms with van der Waals surface area (Å²) in [5.74, 6) is 0. The minimum atomic E-state index is 0.498. The number of allylic oxidation sites excluding steroid dienone is 5. The molecule has 0 aromatic rings. The molecule has 1 heteroatoms. The maximum absolute atomic E-state index is 5.46. The van der Waals surface area contributed by atoms with Gasteiger partial charge in [0.1, 0.15) is 0 Å². The Hall–Kier alpha value is -0.820. The summed E-state index contributed by atoms with van der Waals surface area (Å²) in [6.07, 6.45) is 14.5. The molecule has 0 aliphatic heterocycles. The molecule has 0 atom stereocenters. The fourth-order valence-corrected chi connectivity index (χ4v) is 3.34. The van der Waals surface area contributed by atoms with E-state index in [0.717, 1.165) is 0 Å². The molecule has 2 aliphatic carbocycles. The van der Waals surface area contributed by atoms with Crippen LogP contribution >= 0.6 is 0 Å². The Morgan fingerprint density at radius 2 is 2.00 bits per heavy atom. The summed E-state index contributed by atoms with van der Waals surface area (Å²) in [5, 5.41) is 0. The summed E-state index contributed by atoms with van der Waals surface area (Å²) < 4.78 is 5.46. The van der Waals surface area contributed by atoms with Crippen molar-refractivity contribution in [2.75, 3.05) is 7.11 Å². The highest BCUT2D eigenvalue weighted by Gasteiger charge is 2.40. The van der Waals surface area contributed by atoms with Crippen molar-refractivity contribution in [2.24, 2.45) is 5.41 Å². The quantitative estimate of drug-likeness (QED) is 0.685. The highest BCUT2D eigenvalue weighted by Crippen LogP contribution is 2.53. The largest absolute Gasteiger partial charge is 0.381 e. The number of methoxy groups -OCH3 is 1. The van der Waals surface area contributed by atoms with Crippen molar-refractivity contribution in [2.45, 2.75) is 51.6 Å². The molecule has 1 spiro atoms. The van der Waals surface area contributed by atoms with E-state index >= 15 is 0 Å². The topological polar surface area (TPSA) is 9.23 Å². The van der Waals surface area contributed by atoms with E-state index in [9.17, 15) is 0 Å². The summed E-state index contributed by atoms with van der Waals surface area (Å²) in [7, 11) is 1.84. The molecule has 0 N–H and O–H groups in total. The van der Waals surface area contributed by atoms with E-state index in [1.54, 1.807) is 0 Å². The maximum atomic E-state index is 5.46. The van der Waals surface area contributed by atoms with Gasteiger partial charge in [-0.05, 0) is 56.4 Å². The van der Waals surface area contributed by atoms with Crippen LogP contribution in [0, 0.1) is 5.41 Å². The third-order valence-corrected chi connectivity index (χ3v) is 4.42. The molecule has 0 aromatic heterocycles. The fraction of sp³-hybridized carbons (Fsp3) is 0.625. The van der Waals surface area contributed by atoms with Gasteiger partial charge in [0, 0.05) is 7.11 Å². The van der Waals surface area contributed by atoms with E-state index in [4.69, 9.17) is 4.74 Å². The Kier molecular flexibility index (Phi) is 3.88. The fourth-order valence-electron chi connectivity index (χ4n) is 3.34. The maximum Gasteiger partial charge on any atom is 0.0571 e. The number of hydrogen-bond donors (Lipinski definition) is 0. The van der Waals surface area contributed by atoms with Gasteiger partial charge in [0.25, 0.3) is 0 Å². The van der Waals surface area contributed by atoms with Crippen LogP contribution in [0.4, 0.5) is 0 Å². The second-order valence-electron chi connectivity index (χ2n) is 5.61. The van der Waals surface area contributed by atoms with E-state index in [2.05, 4.69) is 31.7 Å². The van der Waals surface area contributed by atoms with Gasteiger partial charge in [-0.2, -0.15) is 0 Å². The molecular weight excluding hydrogens is 208 g/mol. The zero-order valence-corrected chi connectivity index (χ0v) is 11.2. The van der Waals surface area contributed by atoms with Crippen molar-refractivity contribution in [1.82, 2.24) is 0 Å². The molecule has 0 unspecified atom stereocenters. The molecule has 0 bridgehead atoms. The first kappa shape index (κ1) is 12.6. The van der Waals surface area contributed by atoms with Crippen LogP contribution in [0.25, 0.3) is 0 Å². The highest BCUT2D eigenvalue weighted by molar-refractivity contribution is 5.38. The number of rotatable bonds is 2. The van der Waals surface area contributed by atoms with Crippen molar-refractivity contribution >= 4 is 0 Å². The predicted octanol–water partition coefficient (Wildman–Crippen LogP) is 4.41. The molecule has 0 saturated heterocycles. The van der Waals surface area contributed by atoms with Crippen LogP contribution in [0.5, 0.6) is 0 Å². The van der Waals surface area contributed by atoms with E-state index in [-0.39, 0.29) is 0 Å². The average Bonchev–Trinajstić information content (AvgIpc) is 2.64. The van der Waals surface area contributed by atoms with Crippen molar-refractivity contribution in [3.05, 3.63) is 36.0 Å². The highest BCUT2D eigenvalue weighted by atomic mass is 16.5. The van der Waals surface area contributed by atoms with Crippen LogP contribution in [0.1, 0.15) is 45.4 Å². The second kappa shape index (κ2) is 5.22. The monoisotopic (exact) mass is 232 g/mol. The van der Waals surface area contributed by atoms with Crippen molar-refractivity contribution in [3.63, 3.8) is 0 Å². The Bertz CT molecular complexity index is 341. The Balaban J connectivity index is 2.03. The average molecular weight is 232 g/mol. The summed E-state index contributed by atoms with van der Waals surface area (Å²) >= 11 is 0. The zero-order chi connectivity index (χ0) is 12.3. The van der Waals surface area contributed by atoms with Crippen molar-refractivity contribution < 1.29 is 4.74 Å². The SMILES string of the molecule is C=C1CC2(CCC(OC)CC2)C/C1=C/C=C\C. The van der Waals surface area contributed by atoms with E-state index < -0.39 is 0 Å². The smallest absolute Gasteiger partial charge is 0.0571 e. The summed E-state index contributed by atoms with van der Waals surface area (Å²) in [6, 6.07) is 0. The minimum absolute atomic E-state index is 0.498. The lowest BCUT2D eigenvalue weighted by Crippen LogP contribution is -2.28. The summed E-state index contributed by atoms with van der Waals surface area (Å²) in [4.78, 5) is 0. The van der Waals surface area contributed by atoms with Gasteiger partial charge in [-0.1, -0.05) is 30.4 Å². The molecule has 1 nitrogen and oxygen atoms in total. The van der Waals surface area contributed by atoms with Crippen LogP contribution in [-0.2, 0) is 4.74 Å². The van der Waals surface area contributed by atoms with Crippen LogP contribution in [-0.4, -0.2) is 13.2 Å². The zero-order valence-electron chi connectivity index (χ0n) is 11.2. The first-order chi connectivity index (χ1) is 8.19. The van der Waals surface area contributed by atoms with Gasteiger partial charge in [-0.25, -0.2) is 0 Å². The number of ether oxygens (including phenoxy) is 1.